The second-order valence-corrected chi connectivity index (χ2v) is 6.49. The lowest BCUT2D eigenvalue weighted by atomic mass is 10.2. The molecule has 0 spiro atoms. The van der Waals surface area contributed by atoms with Gasteiger partial charge in [0.15, 0.2) is 0 Å². The Kier molecular flexibility index (Phi) is 6.26. The molecule has 0 bridgehead atoms. The lowest BCUT2D eigenvalue weighted by Gasteiger charge is -2.23. The van der Waals surface area contributed by atoms with Crippen molar-refractivity contribution in [3.8, 4) is 0 Å². The van der Waals surface area contributed by atoms with Gasteiger partial charge in [0.05, 0.1) is 10.9 Å². The van der Waals surface area contributed by atoms with Gasteiger partial charge in [0, 0.05) is 25.3 Å². The molecule has 7 heteroatoms. The maximum atomic E-state index is 12.5. The Labute approximate surface area is 162 Å². The van der Waals surface area contributed by atoms with Crippen LogP contribution in [0.1, 0.15) is 13.3 Å². The van der Waals surface area contributed by atoms with Crippen LogP contribution in [0.5, 0.6) is 0 Å². The van der Waals surface area contributed by atoms with Crippen molar-refractivity contribution in [1.82, 2.24) is 14.9 Å². The third kappa shape index (κ3) is 4.49. The average Bonchev–Trinajstić information content (AvgIpc) is 2.72. The molecule has 0 saturated heterocycles. The molecular weight excluding hydrogens is 356 g/mol. The van der Waals surface area contributed by atoms with E-state index < -0.39 is 11.2 Å². The van der Waals surface area contributed by atoms with Crippen LogP contribution in [0.15, 0.2) is 64.2 Å². The summed E-state index contributed by atoms with van der Waals surface area (Å²) in [5.74, 6) is -0.356. The third-order valence-corrected chi connectivity index (χ3v) is 4.62. The highest BCUT2D eigenvalue weighted by Gasteiger charge is 2.11. The van der Waals surface area contributed by atoms with E-state index in [1.165, 1.54) is 0 Å². The zero-order chi connectivity index (χ0) is 19.9. The molecule has 0 aliphatic rings. The van der Waals surface area contributed by atoms with Gasteiger partial charge in [-0.15, -0.1) is 0 Å². The number of para-hydroxylation sites is 2. The number of fused-ring (bicyclic) bond motifs is 1. The normalized spacial score (nSPS) is 10.8. The molecule has 1 heterocycles. The van der Waals surface area contributed by atoms with E-state index in [-0.39, 0.29) is 12.5 Å². The number of benzene rings is 2. The first-order valence-corrected chi connectivity index (χ1v) is 9.38. The van der Waals surface area contributed by atoms with Crippen LogP contribution >= 0.6 is 0 Å². The molecule has 0 saturated carbocycles. The predicted octanol–water partition coefficient (Wildman–Crippen LogP) is 1.72. The van der Waals surface area contributed by atoms with Gasteiger partial charge in [0.2, 0.25) is 5.91 Å². The Balaban J connectivity index is 1.56. The Bertz CT molecular complexity index is 1060. The molecule has 2 aromatic carbocycles. The summed E-state index contributed by atoms with van der Waals surface area (Å²) in [6.45, 7) is 3.94. The third-order valence-electron chi connectivity index (χ3n) is 4.62. The summed E-state index contributed by atoms with van der Waals surface area (Å²) < 4.78 is 0.931. The van der Waals surface area contributed by atoms with E-state index in [2.05, 4.69) is 34.3 Å². The number of anilines is 1. The molecule has 0 fully saturated rings. The number of rotatable bonds is 8. The molecule has 146 valence electrons. The van der Waals surface area contributed by atoms with Crippen molar-refractivity contribution in [2.45, 2.75) is 19.9 Å². The number of aromatic amines is 1. The Morgan fingerprint density at radius 2 is 1.79 bits per heavy atom. The van der Waals surface area contributed by atoms with Crippen LogP contribution in [-0.2, 0) is 11.3 Å². The molecule has 0 atom stereocenters. The van der Waals surface area contributed by atoms with Gasteiger partial charge in [0.1, 0.15) is 6.54 Å². The molecule has 2 N–H and O–H groups in total. The molecule has 1 aromatic heterocycles. The minimum atomic E-state index is -0.583. The van der Waals surface area contributed by atoms with Gasteiger partial charge in [-0.2, -0.15) is 0 Å². The first kappa shape index (κ1) is 19.4. The van der Waals surface area contributed by atoms with Crippen LogP contribution in [0.2, 0.25) is 0 Å². The summed E-state index contributed by atoms with van der Waals surface area (Å²) in [6, 6.07) is 16.8. The van der Waals surface area contributed by atoms with E-state index in [1.54, 1.807) is 24.3 Å². The lowest BCUT2D eigenvalue weighted by Crippen LogP contribution is -2.41. The highest BCUT2D eigenvalue weighted by Crippen LogP contribution is 2.12. The Hall–Kier alpha value is -3.35. The van der Waals surface area contributed by atoms with Gasteiger partial charge in [0.25, 0.3) is 5.56 Å². The van der Waals surface area contributed by atoms with Crippen molar-refractivity contribution in [3.05, 3.63) is 75.4 Å². The number of carbonyl (C=O) groups excluding carboxylic acids is 1. The second-order valence-electron chi connectivity index (χ2n) is 6.49. The van der Waals surface area contributed by atoms with Crippen molar-refractivity contribution >= 4 is 22.5 Å². The summed E-state index contributed by atoms with van der Waals surface area (Å²) in [7, 11) is 0. The fourth-order valence-electron chi connectivity index (χ4n) is 3.15. The second kappa shape index (κ2) is 9.03. The number of hydrogen-bond donors (Lipinski definition) is 2. The molecule has 7 nitrogen and oxygen atoms in total. The van der Waals surface area contributed by atoms with Crippen LogP contribution in [-0.4, -0.2) is 35.1 Å². The number of aromatic nitrogens is 2. The van der Waals surface area contributed by atoms with Crippen LogP contribution in [0.25, 0.3) is 10.9 Å². The van der Waals surface area contributed by atoms with Gasteiger partial charge in [-0.25, -0.2) is 4.79 Å². The molecular formula is C21H24N4O3. The van der Waals surface area contributed by atoms with Gasteiger partial charge in [-0.3, -0.25) is 14.2 Å². The zero-order valence-corrected chi connectivity index (χ0v) is 15.9. The van der Waals surface area contributed by atoms with Crippen molar-refractivity contribution < 1.29 is 4.79 Å². The van der Waals surface area contributed by atoms with Crippen LogP contribution in [0, 0.1) is 0 Å². The van der Waals surface area contributed by atoms with Gasteiger partial charge in [-0.05, 0) is 37.6 Å². The zero-order valence-electron chi connectivity index (χ0n) is 15.9. The molecule has 0 aliphatic carbocycles. The van der Waals surface area contributed by atoms with E-state index in [0.717, 1.165) is 29.8 Å². The van der Waals surface area contributed by atoms with Gasteiger partial charge >= 0.3 is 5.69 Å². The maximum Gasteiger partial charge on any atom is 0.329 e. The highest BCUT2D eigenvalue weighted by atomic mass is 16.2. The number of nitrogens with one attached hydrogen (secondary N) is 2. The van der Waals surface area contributed by atoms with Gasteiger partial charge in [-0.1, -0.05) is 30.3 Å². The van der Waals surface area contributed by atoms with Crippen molar-refractivity contribution in [2.75, 3.05) is 24.5 Å². The van der Waals surface area contributed by atoms with Crippen molar-refractivity contribution in [2.24, 2.45) is 0 Å². The Morgan fingerprint density at radius 1 is 1.07 bits per heavy atom. The van der Waals surface area contributed by atoms with Crippen LogP contribution in [0.3, 0.4) is 0 Å². The standard InChI is InChI=1S/C21H24N4O3/c1-2-24(16-9-4-3-5-10-16)14-8-13-22-19(26)15-25-20(27)17-11-6-7-12-18(17)23-21(25)28/h3-7,9-12H,2,8,13-15H2,1H3,(H,22,26)(H,23,28). The molecule has 3 aromatic rings. The monoisotopic (exact) mass is 380 g/mol. The molecule has 0 radical (unpaired) electrons. The fraction of sp³-hybridized carbons (Fsp3) is 0.286. The summed E-state index contributed by atoms with van der Waals surface area (Å²) >= 11 is 0. The largest absolute Gasteiger partial charge is 0.372 e. The minimum absolute atomic E-state index is 0.296. The van der Waals surface area contributed by atoms with Crippen molar-refractivity contribution in [1.29, 1.82) is 0 Å². The minimum Gasteiger partial charge on any atom is -0.372 e. The van der Waals surface area contributed by atoms with Crippen LogP contribution < -0.4 is 21.5 Å². The first-order valence-electron chi connectivity index (χ1n) is 9.38. The fourth-order valence-corrected chi connectivity index (χ4v) is 3.15. The van der Waals surface area contributed by atoms with E-state index >= 15 is 0 Å². The van der Waals surface area contributed by atoms with E-state index in [9.17, 15) is 14.4 Å². The molecule has 28 heavy (non-hydrogen) atoms. The number of H-pyrrole nitrogens is 1. The first-order chi connectivity index (χ1) is 13.6. The quantitative estimate of drug-likeness (QED) is 0.583. The van der Waals surface area contributed by atoms with E-state index in [4.69, 9.17) is 0 Å². The van der Waals surface area contributed by atoms with E-state index in [0.29, 0.717) is 17.4 Å². The average molecular weight is 380 g/mol. The predicted molar refractivity (Wildman–Crippen MR) is 111 cm³/mol. The van der Waals surface area contributed by atoms with Crippen LogP contribution in [0.4, 0.5) is 5.69 Å². The maximum absolute atomic E-state index is 12.5. The van der Waals surface area contributed by atoms with Gasteiger partial charge < -0.3 is 15.2 Å². The molecule has 0 unspecified atom stereocenters. The van der Waals surface area contributed by atoms with Crippen molar-refractivity contribution in [3.63, 3.8) is 0 Å². The number of carbonyl (C=O) groups is 1. The Morgan fingerprint density at radius 3 is 2.54 bits per heavy atom. The topological polar surface area (TPSA) is 87.2 Å². The smallest absolute Gasteiger partial charge is 0.329 e. The highest BCUT2D eigenvalue weighted by molar-refractivity contribution is 5.78. The summed E-state index contributed by atoms with van der Waals surface area (Å²) in [6.07, 6.45) is 0.761. The molecule has 0 aliphatic heterocycles. The van der Waals surface area contributed by atoms with E-state index in [1.807, 2.05) is 18.2 Å². The molecule has 3 rings (SSSR count). The summed E-state index contributed by atoms with van der Waals surface area (Å²) in [5.41, 5.74) is 0.566. The summed E-state index contributed by atoms with van der Waals surface area (Å²) in [4.78, 5) is 41.6. The summed E-state index contributed by atoms with van der Waals surface area (Å²) in [5, 5.41) is 3.17. The lowest BCUT2D eigenvalue weighted by molar-refractivity contribution is -0.121. The number of nitrogens with zero attached hydrogens (tertiary/aromatic N) is 2. The molecule has 1 amide bonds. The number of amides is 1. The number of hydrogen-bond acceptors (Lipinski definition) is 4. The SMILES string of the molecule is CCN(CCCNC(=O)Cn1c(=O)[nH]c2ccccc2c1=O)c1ccccc1.